The Hall–Kier alpha value is -1.01. The van der Waals surface area contributed by atoms with E-state index in [1.54, 1.807) is 11.6 Å². The molecular formula is C10H12N2O2S. The Morgan fingerprint density at radius 3 is 2.93 bits per heavy atom. The van der Waals surface area contributed by atoms with Gasteiger partial charge in [-0.25, -0.2) is 4.98 Å². The third-order valence-corrected chi connectivity index (χ3v) is 3.09. The van der Waals surface area contributed by atoms with Crippen LogP contribution in [0.4, 0.5) is 0 Å². The second kappa shape index (κ2) is 4.24. The van der Waals surface area contributed by atoms with E-state index in [0.717, 1.165) is 10.2 Å². The van der Waals surface area contributed by atoms with Crippen molar-refractivity contribution < 1.29 is 10.2 Å². The first-order valence-corrected chi connectivity index (χ1v) is 5.49. The number of benzene rings is 1. The minimum atomic E-state index is -0.929. The average molecular weight is 224 g/mol. The van der Waals surface area contributed by atoms with Crippen LogP contribution in [0.25, 0.3) is 10.2 Å². The van der Waals surface area contributed by atoms with Gasteiger partial charge in [-0.3, -0.25) is 0 Å². The molecule has 15 heavy (non-hydrogen) atoms. The van der Waals surface area contributed by atoms with E-state index in [1.165, 1.54) is 11.3 Å². The summed E-state index contributed by atoms with van der Waals surface area (Å²) in [5.41, 5.74) is 8.61. The van der Waals surface area contributed by atoms with E-state index in [9.17, 15) is 10.2 Å². The second-order valence-electron chi connectivity index (χ2n) is 3.33. The number of hydrogen-bond donors (Lipinski definition) is 3. The van der Waals surface area contributed by atoms with Crippen LogP contribution in [0, 0.1) is 0 Å². The van der Waals surface area contributed by atoms with E-state index in [-0.39, 0.29) is 6.54 Å². The summed E-state index contributed by atoms with van der Waals surface area (Å²) in [5.74, 6) is 0. The van der Waals surface area contributed by atoms with Gasteiger partial charge in [0.1, 0.15) is 6.10 Å². The SMILES string of the molecule is NCC(O)C(O)c1ccc2ncsc2c1. The van der Waals surface area contributed by atoms with Crippen LogP contribution in [0.5, 0.6) is 0 Å². The summed E-state index contributed by atoms with van der Waals surface area (Å²) in [4.78, 5) is 4.13. The zero-order chi connectivity index (χ0) is 10.8. The van der Waals surface area contributed by atoms with Crippen molar-refractivity contribution in [3.8, 4) is 0 Å². The summed E-state index contributed by atoms with van der Waals surface area (Å²) in [6.45, 7) is 0.0435. The van der Waals surface area contributed by atoms with Gasteiger partial charge in [-0.15, -0.1) is 11.3 Å². The molecule has 0 saturated carbocycles. The van der Waals surface area contributed by atoms with Crippen LogP contribution in [0.1, 0.15) is 11.7 Å². The largest absolute Gasteiger partial charge is 0.389 e. The maximum Gasteiger partial charge on any atom is 0.106 e. The number of hydrogen-bond acceptors (Lipinski definition) is 5. The summed E-state index contributed by atoms with van der Waals surface area (Å²) >= 11 is 1.50. The zero-order valence-electron chi connectivity index (χ0n) is 8.00. The number of thiazole rings is 1. The molecule has 4 nitrogen and oxygen atoms in total. The minimum Gasteiger partial charge on any atom is -0.389 e. The van der Waals surface area contributed by atoms with Gasteiger partial charge in [-0.2, -0.15) is 0 Å². The molecule has 0 bridgehead atoms. The van der Waals surface area contributed by atoms with Gasteiger partial charge >= 0.3 is 0 Å². The van der Waals surface area contributed by atoms with Crippen LogP contribution in [-0.4, -0.2) is 27.8 Å². The number of aliphatic hydroxyl groups is 2. The second-order valence-corrected chi connectivity index (χ2v) is 4.21. The topological polar surface area (TPSA) is 79.4 Å². The number of fused-ring (bicyclic) bond motifs is 1. The molecule has 80 valence electrons. The van der Waals surface area contributed by atoms with Gasteiger partial charge in [0.15, 0.2) is 0 Å². The average Bonchev–Trinajstić information content (AvgIpc) is 2.73. The maximum absolute atomic E-state index is 9.74. The molecule has 0 amide bonds. The van der Waals surface area contributed by atoms with Gasteiger partial charge in [-0.05, 0) is 17.7 Å². The fraction of sp³-hybridized carbons (Fsp3) is 0.300. The lowest BCUT2D eigenvalue weighted by molar-refractivity contribution is 0.0244. The van der Waals surface area contributed by atoms with E-state index in [0.29, 0.717) is 5.56 Å². The highest BCUT2D eigenvalue weighted by molar-refractivity contribution is 7.16. The fourth-order valence-corrected chi connectivity index (χ4v) is 2.13. The molecule has 2 rings (SSSR count). The Balaban J connectivity index is 2.35. The fourth-order valence-electron chi connectivity index (χ4n) is 1.41. The van der Waals surface area contributed by atoms with Gasteiger partial charge in [0.05, 0.1) is 21.8 Å². The molecule has 1 aromatic heterocycles. The predicted octanol–water partition coefficient (Wildman–Crippen LogP) is 0.649. The quantitative estimate of drug-likeness (QED) is 0.715. The van der Waals surface area contributed by atoms with Gasteiger partial charge in [0.2, 0.25) is 0 Å². The summed E-state index contributed by atoms with van der Waals surface area (Å²) in [7, 11) is 0. The van der Waals surface area contributed by atoms with Crippen LogP contribution in [-0.2, 0) is 0 Å². The van der Waals surface area contributed by atoms with Crippen molar-refractivity contribution in [1.29, 1.82) is 0 Å². The van der Waals surface area contributed by atoms with Crippen molar-refractivity contribution in [2.45, 2.75) is 12.2 Å². The highest BCUT2D eigenvalue weighted by Crippen LogP contribution is 2.24. The summed E-state index contributed by atoms with van der Waals surface area (Å²) < 4.78 is 0.996. The van der Waals surface area contributed by atoms with Crippen LogP contribution in [0.15, 0.2) is 23.7 Å². The first-order valence-electron chi connectivity index (χ1n) is 4.61. The molecule has 0 aliphatic carbocycles. The first kappa shape index (κ1) is 10.5. The standard InChI is InChI=1S/C10H12N2O2S/c11-4-8(13)10(14)6-1-2-7-9(3-6)15-5-12-7/h1-3,5,8,10,13-14H,4,11H2. The van der Waals surface area contributed by atoms with E-state index in [2.05, 4.69) is 4.98 Å². The van der Waals surface area contributed by atoms with Gasteiger partial charge in [-0.1, -0.05) is 6.07 Å². The van der Waals surface area contributed by atoms with Crippen LogP contribution in [0.3, 0.4) is 0 Å². The lowest BCUT2D eigenvalue weighted by atomic mass is 10.0. The normalized spacial score (nSPS) is 15.4. The van der Waals surface area contributed by atoms with E-state index in [1.807, 2.05) is 12.1 Å². The number of rotatable bonds is 3. The van der Waals surface area contributed by atoms with Gasteiger partial charge in [0.25, 0.3) is 0 Å². The lowest BCUT2D eigenvalue weighted by Crippen LogP contribution is -2.27. The highest BCUT2D eigenvalue weighted by Gasteiger charge is 2.17. The molecule has 0 aliphatic heterocycles. The molecule has 0 radical (unpaired) electrons. The Morgan fingerprint density at radius 1 is 1.40 bits per heavy atom. The molecule has 0 spiro atoms. The number of aromatic nitrogens is 1. The number of aliphatic hydroxyl groups excluding tert-OH is 2. The predicted molar refractivity (Wildman–Crippen MR) is 59.6 cm³/mol. The minimum absolute atomic E-state index is 0.0435. The number of nitrogens with two attached hydrogens (primary N) is 1. The molecule has 1 heterocycles. The van der Waals surface area contributed by atoms with Crippen molar-refractivity contribution in [3.63, 3.8) is 0 Å². The third-order valence-electron chi connectivity index (χ3n) is 2.30. The van der Waals surface area contributed by atoms with Crippen molar-refractivity contribution >= 4 is 21.6 Å². The molecule has 2 unspecified atom stereocenters. The van der Waals surface area contributed by atoms with Gasteiger partial charge in [0, 0.05) is 6.54 Å². The zero-order valence-corrected chi connectivity index (χ0v) is 8.81. The molecule has 5 heteroatoms. The third kappa shape index (κ3) is 2.00. The summed E-state index contributed by atoms with van der Waals surface area (Å²) in [6.07, 6.45) is -1.85. The van der Waals surface area contributed by atoms with Crippen LogP contribution < -0.4 is 5.73 Å². The van der Waals surface area contributed by atoms with E-state index >= 15 is 0 Å². The Kier molecular flexibility index (Phi) is 2.97. The Bertz CT molecular complexity index is 457. The molecule has 1 aromatic carbocycles. The highest BCUT2D eigenvalue weighted by atomic mass is 32.1. The van der Waals surface area contributed by atoms with E-state index in [4.69, 9.17) is 5.73 Å². The summed E-state index contributed by atoms with van der Waals surface area (Å²) in [5, 5.41) is 19.2. The molecule has 0 saturated heterocycles. The number of nitrogens with zero attached hydrogens (tertiary/aromatic N) is 1. The summed E-state index contributed by atoms with van der Waals surface area (Å²) in [6, 6.07) is 5.41. The smallest absolute Gasteiger partial charge is 0.106 e. The first-order chi connectivity index (χ1) is 7.22. The lowest BCUT2D eigenvalue weighted by Gasteiger charge is -2.16. The Morgan fingerprint density at radius 2 is 2.20 bits per heavy atom. The van der Waals surface area contributed by atoms with E-state index < -0.39 is 12.2 Å². The van der Waals surface area contributed by atoms with Crippen molar-refractivity contribution in [2.24, 2.45) is 5.73 Å². The maximum atomic E-state index is 9.74. The molecule has 2 atom stereocenters. The monoisotopic (exact) mass is 224 g/mol. The van der Waals surface area contributed by atoms with Gasteiger partial charge < -0.3 is 15.9 Å². The molecule has 0 aliphatic rings. The molecule has 2 aromatic rings. The van der Waals surface area contributed by atoms with Crippen LogP contribution >= 0.6 is 11.3 Å². The molecule has 4 N–H and O–H groups in total. The van der Waals surface area contributed by atoms with Crippen molar-refractivity contribution in [3.05, 3.63) is 29.3 Å². The molecular weight excluding hydrogens is 212 g/mol. The Labute approximate surface area is 91.0 Å². The molecule has 0 fully saturated rings. The van der Waals surface area contributed by atoms with Crippen LogP contribution in [0.2, 0.25) is 0 Å². The van der Waals surface area contributed by atoms with Crippen molar-refractivity contribution in [2.75, 3.05) is 6.54 Å². The van der Waals surface area contributed by atoms with Crippen molar-refractivity contribution in [1.82, 2.24) is 4.98 Å².